The zero-order chi connectivity index (χ0) is 8.81. The second kappa shape index (κ2) is 4.77. The SMILES string of the molecule is C#CCNC(C#N)C1CCCO1. The van der Waals surface area contributed by atoms with Gasteiger partial charge < -0.3 is 4.74 Å². The van der Waals surface area contributed by atoms with Crippen molar-refractivity contribution in [1.29, 1.82) is 5.26 Å². The molecule has 1 N–H and O–H groups in total. The van der Waals surface area contributed by atoms with Crippen LogP contribution in [0.2, 0.25) is 0 Å². The molecular weight excluding hydrogens is 152 g/mol. The molecule has 0 amide bonds. The van der Waals surface area contributed by atoms with Gasteiger partial charge in [-0.3, -0.25) is 5.32 Å². The molecule has 2 unspecified atom stereocenters. The third-order valence-corrected chi connectivity index (χ3v) is 1.90. The molecule has 0 saturated carbocycles. The van der Waals surface area contributed by atoms with Crippen molar-refractivity contribution in [1.82, 2.24) is 5.32 Å². The van der Waals surface area contributed by atoms with E-state index in [1.54, 1.807) is 0 Å². The molecule has 12 heavy (non-hydrogen) atoms. The van der Waals surface area contributed by atoms with Gasteiger partial charge in [-0.2, -0.15) is 5.26 Å². The highest BCUT2D eigenvalue weighted by Crippen LogP contribution is 2.14. The van der Waals surface area contributed by atoms with Gasteiger partial charge in [-0.05, 0) is 12.8 Å². The van der Waals surface area contributed by atoms with Crippen LogP contribution in [0.4, 0.5) is 0 Å². The van der Waals surface area contributed by atoms with Crippen molar-refractivity contribution in [2.24, 2.45) is 0 Å². The summed E-state index contributed by atoms with van der Waals surface area (Å²) in [5, 5.41) is 11.7. The van der Waals surface area contributed by atoms with Gasteiger partial charge in [0, 0.05) is 6.61 Å². The lowest BCUT2D eigenvalue weighted by Crippen LogP contribution is -2.38. The maximum atomic E-state index is 8.75. The monoisotopic (exact) mass is 164 g/mol. The third kappa shape index (κ3) is 2.23. The molecule has 1 rings (SSSR count). The lowest BCUT2D eigenvalue weighted by molar-refractivity contribution is 0.0945. The van der Waals surface area contributed by atoms with E-state index >= 15 is 0 Å². The molecule has 1 aliphatic heterocycles. The van der Waals surface area contributed by atoms with E-state index in [-0.39, 0.29) is 12.1 Å². The van der Waals surface area contributed by atoms with Gasteiger partial charge in [-0.15, -0.1) is 6.42 Å². The Hall–Kier alpha value is -1.03. The van der Waals surface area contributed by atoms with E-state index in [0.29, 0.717) is 6.54 Å². The number of terminal acetylenes is 1. The van der Waals surface area contributed by atoms with E-state index in [9.17, 15) is 0 Å². The van der Waals surface area contributed by atoms with Gasteiger partial charge in [0.2, 0.25) is 0 Å². The fraction of sp³-hybridized carbons (Fsp3) is 0.667. The number of nitriles is 1. The number of rotatable bonds is 3. The number of hydrogen-bond acceptors (Lipinski definition) is 3. The molecule has 0 spiro atoms. The summed E-state index contributed by atoms with van der Waals surface area (Å²) in [5.41, 5.74) is 0. The Kier molecular flexibility index (Phi) is 3.60. The van der Waals surface area contributed by atoms with Gasteiger partial charge in [0.15, 0.2) is 0 Å². The Labute approximate surface area is 72.7 Å². The molecule has 0 bridgehead atoms. The second-order valence-electron chi connectivity index (χ2n) is 2.74. The number of hydrogen-bond donors (Lipinski definition) is 1. The van der Waals surface area contributed by atoms with E-state index in [1.807, 2.05) is 0 Å². The largest absolute Gasteiger partial charge is 0.375 e. The zero-order valence-electron chi connectivity index (χ0n) is 6.92. The van der Waals surface area contributed by atoms with Crippen LogP contribution in [0, 0.1) is 23.7 Å². The van der Waals surface area contributed by atoms with Crippen molar-refractivity contribution < 1.29 is 4.74 Å². The predicted octanol–water partition coefficient (Wildman–Crippen LogP) is 0.280. The highest BCUT2D eigenvalue weighted by Gasteiger charge is 2.24. The summed E-state index contributed by atoms with van der Waals surface area (Å²) < 4.78 is 5.35. The summed E-state index contributed by atoms with van der Waals surface area (Å²) in [7, 11) is 0. The molecule has 2 atom stereocenters. The van der Waals surface area contributed by atoms with Crippen LogP contribution < -0.4 is 5.32 Å². The number of ether oxygens (including phenoxy) is 1. The average molecular weight is 164 g/mol. The van der Waals surface area contributed by atoms with Crippen LogP contribution >= 0.6 is 0 Å². The maximum absolute atomic E-state index is 8.75. The van der Waals surface area contributed by atoms with Gasteiger partial charge in [0.25, 0.3) is 0 Å². The molecule has 0 aromatic carbocycles. The van der Waals surface area contributed by atoms with Crippen molar-refractivity contribution >= 4 is 0 Å². The quantitative estimate of drug-likeness (QED) is 0.609. The van der Waals surface area contributed by atoms with Crippen molar-refractivity contribution in [3.05, 3.63) is 0 Å². The van der Waals surface area contributed by atoms with Crippen LogP contribution in [0.5, 0.6) is 0 Å². The van der Waals surface area contributed by atoms with Crippen LogP contribution in [-0.2, 0) is 4.74 Å². The first-order valence-corrected chi connectivity index (χ1v) is 4.06. The molecule has 0 radical (unpaired) electrons. The summed E-state index contributed by atoms with van der Waals surface area (Å²) in [6.07, 6.45) is 7.09. The molecule has 1 heterocycles. The second-order valence-corrected chi connectivity index (χ2v) is 2.74. The molecule has 3 nitrogen and oxygen atoms in total. The third-order valence-electron chi connectivity index (χ3n) is 1.90. The highest BCUT2D eigenvalue weighted by molar-refractivity contribution is 5.00. The topological polar surface area (TPSA) is 45.0 Å². The Morgan fingerprint density at radius 3 is 3.08 bits per heavy atom. The summed E-state index contributed by atoms with van der Waals surface area (Å²) in [6.45, 7) is 1.19. The molecule has 64 valence electrons. The van der Waals surface area contributed by atoms with Gasteiger partial charge in [0.05, 0.1) is 18.7 Å². The summed E-state index contributed by atoms with van der Waals surface area (Å²) in [4.78, 5) is 0. The van der Waals surface area contributed by atoms with Crippen molar-refractivity contribution in [2.75, 3.05) is 13.2 Å². The summed E-state index contributed by atoms with van der Waals surface area (Å²) in [5.74, 6) is 2.44. The zero-order valence-corrected chi connectivity index (χ0v) is 6.92. The summed E-state index contributed by atoms with van der Waals surface area (Å²) in [6, 6.07) is 1.90. The minimum Gasteiger partial charge on any atom is -0.375 e. The predicted molar refractivity (Wildman–Crippen MR) is 45.2 cm³/mol. The van der Waals surface area contributed by atoms with Crippen LogP contribution in [0.15, 0.2) is 0 Å². The molecule has 1 fully saturated rings. The molecule has 0 aromatic heterocycles. The number of nitrogens with one attached hydrogen (secondary N) is 1. The first-order valence-electron chi connectivity index (χ1n) is 4.06. The Balaban J connectivity index is 2.35. The van der Waals surface area contributed by atoms with Gasteiger partial charge in [-0.1, -0.05) is 5.92 Å². The smallest absolute Gasteiger partial charge is 0.122 e. The Morgan fingerprint density at radius 1 is 1.75 bits per heavy atom. The Bertz CT molecular complexity index is 208. The Morgan fingerprint density at radius 2 is 2.58 bits per heavy atom. The van der Waals surface area contributed by atoms with Crippen LogP contribution in [0.25, 0.3) is 0 Å². The van der Waals surface area contributed by atoms with Crippen molar-refractivity contribution in [3.8, 4) is 18.4 Å². The highest BCUT2D eigenvalue weighted by atomic mass is 16.5. The van der Waals surface area contributed by atoms with E-state index in [4.69, 9.17) is 16.4 Å². The lowest BCUT2D eigenvalue weighted by Gasteiger charge is -2.15. The molecule has 0 aromatic rings. The van der Waals surface area contributed by atoms with Gasteiger partial charge in [0.1, 0.15) is 6.04 Å². The van der Waals surface area contributed by atoms with E-state index in [1.165, 1.54) is 0 Å². The molecule has 1 saturated heterocycles. The first kappa shape index (κ1) is 9.06. The minimum atomic E-state index is -0.247. The first-order chi connectivity index (χ1) is 5.88. The molecule has 1 aliphatic rings. The average Bonchev–Trinajstić information content (AvgIpc) is 2.59. The van der Waals surface area contributed by atoms with Crippen LogP contribution in [0.3, 0.4) is 0 Å². The molecule has 3 heteroatoms. The van der Waals surface area contributed by atoms with Crippen molar-refractivity contribution in [2.45, 2.75) is 25.0 Å². The van der Waals surface area contributed by atoms with E-state index in [2.05, 4.69) is 17.3 Å². The normalized spacial score (nSPS) is 24.3. The standard InChI is InChI=1S/C9H12N2O/c1-2-5-11-8(7-10)9-4-3-6-12-9/h1,8-9,11H,3-6H2. The fourth-order valence-corrected chi connectivity index (χ4v) is 1.29. The van der Waals surface area contributed by atoms with Crippen molar-refractivity contribution in [3.63, 3.8) is 0 Å². The fourth-order valence-electron chi connectivity index (χ4n) is 1.29. The van der Waals surface area contributed by atoms with E-state index in [0.717, 1.165) is 19.4 Å². The lowest BCUT2D eigenvalue weighted by atomic mass is 10.1. The van der Waals surface area contributed by atoms with Gasteiger partial charge >= 0.3 is 0 Å². The van der Waals surface area contributed by atoms with Crippen LogP contribution in [-0.4, -0.2) is 25.3 Å². The van der Waals surface area contributed by atoms with Gasteiger partial charge in [-0.25, -0.2) is 0 Å². The van der Waals surface area contributed by atoms with E-state index < -0.39 is 0 Å². The number of nitrogens with zero attached hydrogens (tertiary/aromatic N) is 1. The summed E-state index contributed by atoms with van der Waals surface area (Å²) >= 11 is 0. The molecule has 0 aliphatic carbocycles. The van der Waals surface area contributed by atoms with Crippen LogP contribution in [0.1, 0.15) is 12.8 Å². The maximum Gasteiger partial charge on any atom is 0.122 e. The minimum absolute atomic E-state index is 0.0309. The molecular formula is C9H12N2O.